The van der Waals surface area contributed by atoms with E-state index in [1.165, 1.54) is 7.11 Å². The van der Waals surface area contributed by atoms with Crippen LogP contribution in [0.5, 0.6) is 11.5 Å². The molecule has 0 unspecified atom stereocenters. The number of methoxy groups -OCH3 is 2. The molecule has 0 heterocycles. The Balaban J connectivity index is 3.01. The van der Waals surface area contributed by atoms with Gasteiger partial charge in [0.2, 0.25) is 0 Å². The highest BCUT2D eigenvalue weighted by atomic mass is 35.5. The van der Waals surface area contributed by atoms with E-state index in [4.69, 9.17) is 31.9 Å². The van der Waals surface area contributed by atoms with Crippen LogP contribution in [0.25, 0.3) is 0 Å². The van der Waals surface area contributed by atoms with Crippen molar-refractivity contribution in [1.82, 2.24) is 0 Å². The second-order valence-corrected chi connectivity index (χ2v) is 4.05. The van der Waals surface area contributed by atoms with Crippen LogP contribution in [0, 0.1) is 0 Å². The zero-order valence-corrected chi connectivity index (χ0v) is 10.8. The minimum atomic E-state index is -0.213. The monoisotopic (exact) mass is 259 g/mol. The fraction of sp³-hybridized carbons (Fsp3) is 0.500. The van der Waals surface area contributed by atoms with Gasteiger partial charge in [0.05, 0.1) is 19.2 Å². The van der Waals surface area contributed by atoms with Crippen molar-refractivity contribution in [3.8, 4) is 11.5 Å². The van der Waals surface area contributed by atoms with Crippen LogP contribution < -0.4 is 15.2 Å². The van der Waals surface area contributed by atoms with E-state index in [-0.39, 0.29) is 12.6 Å². The van der Waals surface area contributed by atoms with Gasteiger partial charge < -0.3 is 20.3 Å². The molecular formula is C12H18ClNO3. The maximum absolute atomic E-state index is 8.78. The molecule has 1 aromatic carbocycles. The van der Waals surface area contributed by atoms with Crippen molar-refractivity contribution < 1.29 is 14.6 Å². The second-order valence-electron chi connectivity index (χ2n) is 3.68. The summed E-state index contributed by atoms with van der Waals surface area (Å²) in [6, 6.07) is 3.39. The summed E-state index contributed by atoms with van der Waals surface area (Å²) < 4.78 is 10.3. The fourth-order valence-electron chi connectivity index (χ4n) is 1.66. The molecular weight excluding hydrogens is 242 g/mol. The van der Waals surface area contributed by atoms with E-state index < -0.39 is 0 Å². The van der Waals surface area contributed by atoms with Crippen LogP contribution in [0.1, 0.15) is 24.4 Å². The van der Waals surface area contributed by atoms with Crippen molar-refractivity contribution >= 4 is 11.6 Å². The highest BCUT2D eigenvalue weighted by molar-refractivity contribution is 6.33. The van der Waals surface area contributed by atoms with E-state index >= 15 is 0 Å². The predicted octanol–water partition coefficient (Wildman–Crippen LogP) is 2.13. The fourth-order valence-corrected chi connectivity index (χ4v) is 2.03. The van der Waals surface area contributed by atoms with Gasteiger partial charge in [0.15, 0.2) is 11.5 Å². The molecule has 3 N–H and O–H groups in total. The van der Waals surface area contributed by atoms with Crippen LogP contribution in [-0.4, -0.2) is 25.9 Å². The van der Waals surface area contributed by atoms with Gasteiger partial charge in [-0.15, -0.1) is 0 Å². The third-order valence-electron chi connectivity index (χ3n) is 2.59. The van der Waals surface area contributed by atoms with Gasteiger partial charge in [-0.25, -0.2) is 0 Å². The largest absolute Gasteiger partial charge is 0.493 e. The Labute approximate surface area is 106 Å². The molecule has 0 amide bonds. The van der Waals surface area contributed by atoms with Crippen molar-refractivity contribution in [2.24, 2.45) is 5.73 Å². The Morgan fingerprint density at radius 3 is 2.59 bits per heavy atom. The Morgan fingerprint density at radius 2 is 2.06 bits per heavy atom. The molecule has 0 radical (unpaired) electrons. The average molecular weight is 260 g/mol. The zero-order valence-electron chi connectivity index (χ0n) is 10.1. The summed E-state index contributed by atoms with van der Waals surface area (Å²) >= 11 is 6.22. The summed E-state index contributed by atoms with van der Waals surface area (Å²) in [6.07, 6.45) is 1.32. The Hall–Kier alpha value is -0.970. The maximum atomic E-state index is 8.78. The molecule has 1 rings (SSSR count). The molecule has 0 fully saturated rings. The summed E-state index contributed by atoms with van der Waals surface area (Å²) in [5.41, 5.74) is 6.81. The van der Waals surface area contributed by atoms with Crippen molar-refractivity contribution in [3.63, 3.8) is 0 Å². The lowest BCUT2D eigenvalue weighted by Crippen LogP contribution is -2.12. The van der Waals surface area contributed by atoms with Gasteiger partial charge in [0.1, 0.15) is 0 Å². The van der Waals surface area contributed by atoms with E-state index in [9.17, 15) is 0 Å². The lowest BCUT2D eigenvalue weighted by molar-refractivity contribution is 0.280. The minimum Gasteiger partial charge on any atom is -0.493 e. The van der Waals surface area contributed by atoms with Gasteiger partial charge in [0.25, 0.3) is 0 Å². The Kier molecular flexibility index (Phi) is 5.55. The maximum Gasteiger partial charge on any atom is 0.179 e. The SMILES string of the molecule is COc1ccc([C@@H](N)CCCO)c(Cl)c1OC. The highest BCUT2D eigenvalue weighted by Crippen LogP contribution is 2.39. The molecule has 5 heteroatoms. The number of rotatable bonds is 6. The first-order valence-electron chi connectivity index (χ1n) is 5.42. The number of benzene rings is 1. The lowest BCUT2D eigenvalue weighted by atomic mass is 10.0. The summed E-state index contributed by atoms with van der Waals surface area (Å²) in [6.45, 7) is 0.124. The highest BCUT2D eigenvalue weighted by Gasteiger charge is 2.17. The molecule has 4 nitrogen and oxygen atoms in total. The number of aliphatic hydroxyl groups excluding tert-OH is 1. The van der Waals surface area contributed by atoms with Gasteiger partial charge in [-0.1, -0.05) is 17.7 Å². The number of nitrogens with two attached hydrogens (primary N) is 1. The van der Waals surface area contributed by atoms with Gasteiger partial charge in [-0.3, -0.25) is 0 Å². The average Bonchev–Trinajstić information content (AvgIpc) is 2.35. The standard InChI is InChI=1S/C12H18ClNO3/c1-16-10-6-5-8(9(14)4-3-7-15)11(13)12(10)17-2/h5-6,9,15H,3-4,7,14H2,1-2H3/t9-/m0/s1. The minimum absolute atomic E-state index is 0.124. The van der Waals surface area contributed by atoms with E-state index in [1.54, 1.807) is 13.2 Å². The summed E-state index contributed by atoms with van der Waals surface area (Å²) in [7, 11) is 3.09. The Bertz CT molecular complexity index is 371. The van der Waals surface area contributed by atoms with E-state index in [0.29, 0.717) is 29.4 Å². The van der Waals surface area contributed by atoms with Crippen molar-refractivity contribution in [2.45, 2.75) is 18.9 Å². The zero-order chi connectivity index (χ0) is 12.8. The first-order valence-corrected chi connectivity index (χ1v) is 5.80. The normalized spacial score (nSPS) is 12.3. The number of hydrogen-bond acceptors (Lipinski definition) is 4. The third kappa shape index (κ3) is 3.25. The molecule has 96 valence electrons. The van der Waals surface area contributed by atoms with Crippen LogP contribution >= 0.6 is 11.6 Å². The molecule has 0 saturated carbocycles. The topological polar surface area (TPSA) is 64.7 Å². The molecule has 0 aliphatic heterocycles. The third-order valence-corrected chi connectivity index (χ3v) is 2.98. The van der Waals surface area contributed by atoms with Crippen molar-refractivity contribution in [3.05, 3.63) is 22.7 Å². The molecule has 1 atom stereocenters. The summed E-state index contributed by atoms with van der Waals surface area (Å²) in [5, 5.41) is 9.25. The Morgan fingerprint density at radius 1 is 1.35 bits per heavy atom. The second kappa shape index (κ2) is 6.69. The molecule has 0 spiro atoms. The van der Waals surface area contributed by atoms with E-state index in [2.05, 4.69) is 0 Å². The van der Waals surface area contributed by atoms with Crippen LogP contribution in [0.4, 0.5) is 0 Å². The predicted molar refractivity (Wildman–Crippen MR) is 67.8 cm³/mol. The summed E-state index contributed by atoms with van der Waals surface area (Å²) in [4.78, 5) is 0. The number of hydrogen-bond donors (Lipinski definition) is 2. The van der Waals surface area contributed by atoms with E-state index in [0.717, 1.165) is 5.56 Å². The molecule has 0 aliphatic carbocycles. The smallest absolute Gasteiger partial charge is 0.179 e. The first kappa shape index (κ1) is 14.1. The van der Waals surface area contributed by atoms with Gasteiger partial charge in [0, 0.05) is 12.6 Å². The van der Waals surface area contributed by atoms with E-state index in [1.807, 2.05) is 6.07 Å². The number of halogens is 1. The molecule has 0 saturated heterocycles. The molecule has 0 bridgehead atoms. The van der Waals surface area contributed by atoms with Gasteiger partial charge in [-0.05, 0) is 24.5 Å². The van der Waals surface area contributed by atoms with Gasteiger partial charge >= 0.3 is 0 Å². The van der Waals surface area contributed by atoms with Crippen molar-refractivity contribution in [1.29, 1.82) is 0 Å². The molecule has 17 heavy (non-hydrogen) atoms. The quantitative estimate of drug-likeness (QED) is 0.821. The van der Waals surface area contributed by atoms with Crippen LogP contribution in [0.2, 0.25) is 5.02 Å². The van der Waals surface area contributed by atoms with Gasteiger partial charge in [-0.2, -0.15) is 0 Å². The number of aliphatic hydroxyl groups is 1. The summed E-state index contributed by atoms with van der Waals surface area (Å²) in [5.74, 6) is 1.07. The lowest BCUT2D eigenvalue weighted by Gasteiger charge is -2.17. The molecule has 1 aromatic rings. The van der Waals surface area contributed by atoms with Crippen molar-refractivity contribution in [2.75, 3.05) is 20.8 Å². The molecule has 0 aromatic heterocycles. The number of ether oxygens (including phenoxy) is 2. The molecule has 0 aliphatic rings. The van der Waals surface area contributed by atoms with Crippen LogP contribution in [-0.2, 0) is 0 Å². The first-order chi connectivity index (χ1) is 8.15. The van der Waals surface area contributed by atoms with Crippen LogP contribution in [0.3, 0.4) is 0 Å². The van der Waals surface area contributed by atoms with Crippen LogP contribution in [0.15, 0.2) is 12.1 Å².